The van der Waals surface area contributed by atoms with Crippen LogP contribution in [-0.4, -0.2) is 26.6 Å². The van der Waals surface area contributed by atoms with Gasteiger partial charge in [-0.05, 0) is 19.9 Å². The third-order valence-electron chi connectivity index (χ3n) is 3.55. The zero-order chi connectivity index (χ0) is 15.0. The molecule has 0 aliphatic carbocycles. The van der Waals surface area contributed by atoms with E-state index in [4.69, 9.17) is 4.98 Å². The number of nitrogens with one attached hydrogen (secondary N) is 1. The summed E-state index contributed by atoms with van der Waals surface area (Å²) in [6.45, 7) is 8.16. The molecule has 5 heteroatoms. The van der Waals surface area contributed by atoms with Gasteiger partial charge in [-0.1, -0.05) is 12.6 Å². The average Bonchev–Trinajstić information content (AvgIpc) is 2.88. The van der Waals surface area contributed by atoms with Crippen LogP contribution in [0.15, 0.2) is 37.2 Å². The number of aryl methyl sites for hydroxylation is 2. The van der Waals surface area contributed by atoms with E-state index in [9.17, 15) is 0 Å². The van der Waals surface area contributed by atoms with Crippen LogP contribution in [0.1, 0.15) is 22.5 Å². The molecule has 0 aromatic carbocycles. The van der Waals surface area contributed by atoms with Crippen LogP contribution < -0.4 is 5.32 Å². The third-order valence-corrected chi connectivity index (χ3v) is 3.55. The van der Waals surface area contributed by atoms with Gasteiger partial charge in [-0.25, -0.2) is 4.98 Å². The fourth-order valence-electron chi connectivity index (χ4n) is 2.35. The summed E-state index contributed by atoms with van der Waals surface area (Å²) in [4.78, 5) is 9.01. The number of hydrogen-bond donors (Lipinski definition) is 1. The molecule has 0 radical (unpaired) electrons. The van der Waals surface area contributed by atoms with Crippen LogP contribution >= 0.6 is 0 Å². The first kappa shape index (κ1) is 13.3. The Morgan fingerprint density at radius 3 is 2.86 bits per heavy atom. The normalized spacial score (nSPS) is 10.8. The fraction of sp³-hybridized carbons (Fsp3) is 0.188. The quantitative estimate of drug-likeness (QED) is 0.801. The van der Waals surface area contributed by atoms with Crippen molar-refractivity contribution in [3.05, 3.63) is 59.7 Å². The lowest BCUT2D eigenvalue weighted by atomic mass is 10.0. The first-order chi connectivity index (χ1) is 10.1. The molecule has 0 saturated heterocycles. The van der Waals surface area contributed by atoms with E-state index in [-0.39, 0.29) is 0 Å². The molecule has 0 aliphatic heterocycles. The Morgan fingerprint density at radius 1 is 1.33 bits per heavy atom. The molecule has 1 N–H and O–H groups in total. The van der Waals surface area contributed by atoms with Gasteiger partial charge in [0.15, 0.2) is 5.65 Å². The number of anilines is 1. The topological polar surface area (TPSA) is 55.1 Å². The second-order valence-electron chi connectivity index (χ2n) is 4.95. The van der Waals surface area contributed by atoms with Gasteiger partial charge in [-0.15, -0.1) is 0 Å². The standard InChI is InChI=1S/C16H17N5/c1-10-9-19-21-15(17-4)8-14(20-16(10)21)11(2)13-6-5-7-18-12(13)3/h5-9,17H,2H2,1,3-4H3. The summed E-state index contributed by atoms with van der Waals surface area (Å²) in [5.41, 5.74) is 5.50. The molecule has 0 fully saturated rings. The summed E-state index contributed by atoms with van der Waals surface area (Å²) in [7, 11) is 1.87. The van der Waals surface area contributed by atoms with Crippen LogP contribution in [0.5, 0.6) is 0 Å². The number of pyridine rings is 1. The summed E-state index contributed by atoms with van der Waals surface area (Å²) in [5.74, 6) is 0.880. The first-order valence-electron chi connectivity index (χ1n) is 6.76. The molecule has 0 aliphatic rings. The molecule has 0 spiro atoms. The molecule has 0 unspecified atom stereocenters. The Kier molecular flexibility index (Phi) is 3.17. The molecule has 3 rings (SSSR count). The lowest BCUT2D eigenvalue weighted by Crippen LogP contribution is -2.04. The van der Waals surface area contributed by atoms with Crippen LogP contribution in [0, 0.1) is 13.8 Å². The van der Waals surface area contributed by atoms with E-state index >= 15 is 0 Å². The van der Waals surface area contributed by atoms with Crippen LogP contribution in [0.25, 0.3) is 11.2 Å². The summed E-state index contributed by atoms with van der Waals surface area (Å²) >= 11 is 0. The molecule has 0 amide bonds. The third kappa shape index (κ3) is 2.16. The van der Waals surface area contributed by atoms with Crippen molar-refractivity contribution in [3.8, 4) is 0 Å². The molecule has 106 valence electrons. The predicted molar refractivity (Wildman–Crippen MR) is 84.4 cm³/mol. The minimum absolute atomic E-state index is 0.826. The molecule has 3 heterocycles. The van der Waals surface area contributed by atoms with Gasteiger partial charge in [-0.2, -0.15) is 9.61 Å². The maximum absolute atomic E-state index is 4.69. The molecule has 21 heavy (non-hydrogen) atoms. The number of hydrogen-bond acceptors (Lipinski definition) is 4. The van der Waals surface area contributed by atoms with Gasteiger partial charge in [0.05, 0.1) is 11.9 Å². The summed E-state index contributed by atoms with van der Waals surface area (Å²) < 4.78 is 1.79. The highest BCUT2D eigenvalue weighted by Gasteiger charge is 2.13. The van der Waals surface area contributed by atoms with Crippen molar-refractivity contribution in [2.24, 2.45) is 0 Å². The van der Waals surface area contributed by atoms with Crippen molar-refractivity contribution in [2.75, 3.05) is 12.4 Å². The monoisotopic (exact) mass is 279 g/mol. The molecule has 0 saturated carbocycles. The maximum atomic E-state index is 4.69. The fourth-order valence-corrected chi connectivity index (χ4v) is 2.35. The van der Waals surface area contributed by atoms with E-state index in [1.54, 1.807) is 10.7 Å². The zero-order valence-corrected chi connectivity index (χ0v) is 12.4. The van der Waals surface area contributed by atoms with Gasteiger partial charge in [-0.3, -0.25) is 4.98 Å². The van der Waals surface area contributed by atoms with E-state index in [2.05, 4.69) is 22.0 Å². The van der Waals surface area contributed by atoms with E-state index in [1.807, 2.05) is 45.3 Å². The highest BCUT2D eigenvalue weighted by molar-refractivity contribution is 5.79. The highest BCUT2D eigenvalue weighted by atomic mass is 15.3. The van der Waals surface area contributed by atoms with Gasteiger partial charge in [0.25, 0.3) is 0 Å². The van der Waals surface area contributed by atoms with E-state index in [1.165, 1.54) is 0 Å². The molecular weight excluding hydrogens is 262 g/mol. The van der Waals surface area contributed by atoms with Crippen molar-refractivity contribution >= 4 is 17.0 Å². The van der Waals surface area contributed by atoms with Crippen molar-refractivity contribution in [2.45, 2.75) is 13.8 Å². The molecule has 5 nitrogen and oxygen atoms in total. The van der Waals surface area contributed by atoms with Gasteiger partial charge in [0, 0.05) is 41.7 Å². The van der Waals surface area contributed by atoms with E-state index < -0.39 is 0 Å². The SMILES string of the molecule is C=C(c1cc(NC)n2ncc(C)c2n1)c1cccnc1C. The Bertz CT molecular complexity index is 832. The van der Waals surface area contributed by atoms with Gasteiger partial charge in [0.2, 0.25) is 0 Å². The minimum atomic E-state index is 0.826. The summed E-state index contributed by atoms with van der Waals surface area (Å²) in [6, 6.07) is 5.88. The Balaban J connectivity index is 2.18. The maximum Gasteiger partial charge on any atom is 0.160 e. The average molecular weight is 279 g/mol. The van der Waals surface area contributed by atoms with E-state index in [0.717, 1.165) is 39.6 Å². The van der Waals surface area contributed by atoms with Crippen LogP contribution in [-0.2, 0) is 0 Å². The second-order valence-corrected chi connectivity index (χ2v) is 4.95. The number of aromatic nitrogens is 4. The van der Waals surface area contributed by atoms with Crippen molar-refractivity contribution in [1.29, 1.82) is 0 Å². The molecule has 3 aromatic rings. The van der Waals surface area contributed by atoms with Crippen LogP contribution in [0.4, 0.5) is 5.82 Å². The first-order valence-corrected chi connectivity index (χ1v) is 6.76. The van der Waals surface area contributed by atoms with Crippen molar-refractivity contribution in [1.82, 2.24) is 19.6 Å². The predicted octanol–water partition coefficient (Wildman–Crippen LogP) is 2.84. The Labute approximate surface area is 123 Å². The summed E-state index contributed by atoms with van der Waals surface area (Å²) in [6.07, 6.45) is 3.59. The lowest BCUT2D eigenvalue weighted by molar-refractivity contribution is 0.939. The van der Waals surface area contributed by atoms with Gasteiger partial charge >= 0.3 is 0 Å². The Morgan fingerprint density at radius 2 is 2.14 bits per heavy atom. The van der Waals surface area contributed by atoms with E-state index in [0.29, 0.717) is 0 Å². The van der Waals surface area contributed by atoms with Crippen LogP contribution in [0.2, 0.25) is 0 Å². The molecule has 0 atom stereocenters. The number of nitrogens with zero attached hydrogens (tertiary/aromatic N) is 4. The second kappa shape index (κ2) is 5.01. The van der Waals surface area contributed by atoms with Crippen LogP contribution in [0.3, 0.4) is 0 Å². The van der Waals surface area contributed by atoms with Gasteiger partial charge in [0.1, 0.15) is 5.82 Å². The Hall–Kier alpha value is -2.69. The largest absolute Gasteiger partial charge is 0.373 e. The van der Waals surface area contributed by atoms with Gasteiger partial charge < -0.3 is 5.32 Å². The summed E-state index contributed by atoms with van der Waals surface area (Å²) in [5, 5.41) is 7.48. The van der Waals surface area contributed by atoms with Crippen molar-refractivity contribution in [3.63, 3.8) is 0 Å². The minimum Gasteiger partial charge on any atom is -0.373 e. The lowest BCUT2D eigenvalue weighted by Gasteiger charge is -2.11. The number of rotatable bonds is 3. The molecule has 3 aromatic heterocycles. The number of fused-ring (bicyclic) bond motifs is 1. The van der Waals surface area contributed by atoms with Crippen molar-refractivity contribution < 1.29 is 0 Å². The zero-order valence-electron chi connectivity index (χ0n) is 12.4. The smallest absolute Gasteiger partial charge is 0.160 e. The molecule has 0 bridgehead atoms. The highest BCUT2D eigenvalue weighted by Crippen LogP contribution is 2.25. The molecular formula is C16H17N5.